The Hall–Kier alpha value is -3.30. The monoisotopic (exact) mass is 373 g/mol. The molecule has 8 nitrogen and oxygen atoms in total. The standard InChI is InChI=1S/C17H17F2N7O/c18-10-1-2-14(13(19)7-10)24-17(27)26-5-3-11(4-6-26)23-15-12-8-22-25-16(12)21-9-20-15/h1-2,7-9,11H,3-6H2,(H,24,27)(H2,20,21,22,23,25). The average molecular weight is 373 g/mol. The highest BCUT2D eigenvalue weighted by Crippen LogP contribution is 2.22. The molecule has 140 valence electrons. The largest absolute Gasteiger partial charge is 0.366 e. The number of carbonyl (C=O) groups excluding carboxylic acids is 1. The molecule has 3 heterocycles. The van der Waals surface area contributed by atoms with Gasteiger partial charge in [0.1, 0.15) is 23.8 Å². The molecular weight excluding hydrogens is 356 g/mol. The molecule has 0 radical (unpaired) electrons. The lowest BCUT2D eigenvalue weighted by Crippen LogP contribution is -2.44. The first-order chi connectivity index (χ1) is 13.1. The molecule has 2 amide bonds. The Morgan fingerprint density at radius 1 is 1.22 bits per heavy atom. The van der Waals surface area contributed by atoms with Crippen LogP contribution < -0.4 is 10.6 Å². The molecule has 0 saturated carbocycles. The van der Waals surface area contributed by atoms with Crippen molar-refractivity contribution in [2.45, 2.75) is 18.9 Å². The van der Waals surface area contributed by atoms with E-state index in [9.17, 15) is 13.6 Å². The maximum atomic E-state index is 13.7. The quantitative estimate of drug-likeness (QED) is 0.656. The lowest BCUT2D eigenvalue weighted by atomic mass is 10.1. The summed E-state index contributed by atoms with van der Waals surface area (Å²) in [4.78, 5) is 22.3. The van der Waals surface area contributed by atoms with Gasteiger partial charge in [-0.3, -0.25) is 5.10 Å². The van der Waals surface area contributed by atoms with Crippen molar-refractivity contribution < 1.29 is 13.6 Å². The van der Waals surface area contributed by atoms with Crippen molar-refractivity contribution in [2.75, 3.05) is 23.7 Å². The number of likely N-dealkylation sites (tertiary alicyclic amines) is 1. The molecule has 0 atom stereocenters. The molecule has 3 N–H and O–H groups in total. The van der Waals surface area contributed by atoms with Crippen molar-refractivity contribution in [1.29, 1.82) is 0 Å². The second kappa shape index (κ2) is 7.14. The highest BCUT2D eigenvalue weighted by Gasteiger charge is 2.24. The third-order valence-electron chi connectivity index (χ3n) is 4.54. The summed E-state index contributed by atoms with van der Waals surface area (Å²) in [6.07, 6.45) is 4.55. The maximum Gasteiger partial charge on any atom is 0.321 e. The van der Waals surface area contributed by atoms with E-state index in [0.29, 0.717) is 37.4 Å². The second-order valence-electron chi connectivity index (χ2n) is 6.31. The Labute approximate surface area is 153 Å². The Bertz CT molecular complexity index is 969. The van der Waals surface area contributed by atoms with Crippen LogP contribution >= 0.6 is 0 Å². The maximum absolute atomic E-state index is 13.7. The summed E-state index contributed by atoms with van der Waals surface area (Å²) in [5, 5.41) is 13.4. The number of aromatic nitrogens is 4. The summed E-state index contributed by atoms with van der Waals surface area (Å²) >= 11 is 0. The summed E-state index contributed by atoms with van der Waals surface area (Å²) in [6, 6.07) is 2.79. The smallest absolute Gasteiger partial charge is 0.321 e. The van der Waals surface area contributed by atoms with Crippen LogP contribution in [0.25, 0.3) is 11.0 Å². The van der Waals surface area contributed by atoms with E-state index in [4.69, 9.17) is 0 Å². The van der Waals surface area contributed by atoms with E-state index in [1.165, 1.54) is 12.4 Å². The first-order valence-corrected chi connectivity index (χ1v) is 8.52. The molecule has 4 rings (SSSR count). The number of benzene rings is 1. The predicted octanol–water partition coefficient (Wildman–Crippen LogP) is 2.74. The van der Waals surface area contributed by atoms with Gasteiger partial charge in [0, 0.05) is 25.2 Å². The van der Waals surface area contributed by atoms with Gasteiger partial charge in [0.25, 0.3) is 0 Å². The molecule has 0 unspecified atom stereocenters. The number of aromatic amines is 1. The van der Waals surface area contributed by atoms with Crippen molar-refractivity contribution in [2.24, 2.45) is 0 Å². The average Bonchev–Trinajstić information content (AvgIpc) is 3.14. The molecular formula is C17H17F2N7O. The van der Waals surface area contributed by atoms with Gasteiger partial charge in [-0.25, -0.2) is 23.5 Å². The fourth-order valence-corrected chi connectivity index (χ4v) is 3.09. The van der Waals surface area contributed by atoms with Gasteiger partial charge in [0.05, 0.1) is 17.3 Å². The molecule has 1 aliphatic heterocycles. The number of amides is 2. The third kappa shape index (κ3) is 3.64. The number of urea groups is 1. The zero-order valence-electron chi connectivity index (χ0n) is 14.2. The van der Waals surface area contributed by atoms with Crippen LogP contribution in [0.15, 0.2) is 30.7 Å². The van der Waals surface area contributed by atoms with E-state index < -0.39 is 17.7 Å². The second-order valence-corrected chi connectivity index (χ2v) is 6.31. The lowest BCUT2D eigenvalue weighted by molar-refractivity contribution is 0.197. The van der Waals surface area contributed by atoms with Gasteiger partial charge in [-0.2, -0.15) is 5.10 Å². The first kappa shape index (κ1) is 17.1. The van der Waals surface area contributed by atoms with Crippen LogP contribution in [0.5, 0.6) is 0 Å². The first-order valence-electron chi connectivity index (χ1n) is 8.52. The van der Waals surface area contributed by atoms with Gasteiger partial charge in [0.2, 0.25) is 0 Å². The number of anilines is 2. The summed E-state index contributed by atoms with van der Waals surface area (Å²) in [7, 11) is 0. The van der Waals surface area contributed by atoms with Gasteiger partial charge >= 0.3 is 6.03 Å². The van der Waals surface area contributed by atoms with E-state index in [1.807, 2.05) is 0 Å². The highest BCUT2D eigenvalue weighted by atomic mass is 19.1. The van der Waals surface area contributed by atoms with Crippen LogP contribution in [0.4, 0.5) is 25.1 Å². The summed E-state index contributed by atoms with van der Waals surface area (Å²) in [5.74, 6) is -0.785. The summed E-state index contributed by atoms with van der Waals surface area (Å²) in [5.41, 5.74) is 0.621. The van der Waals surface area contributed by atoms with Gasteiger partial charge in [0.15, 0.2) is 5.65 Å². The molecule has 3 aromatic rings. The number of fused-ring (bicyclic) bond motifs is 1. The Morgan fingerprint density at radius 2 is 2.04 bits per heavy atom. The lowest BCUT2D eigenvalue weighted by Gasteiger charge is -2.32. The number of hydrogen-bond acceptors (Lipinski definition) is 5. The van der Waals surface area contributed by atoms with E-state index in [-0.39, 0.29) is 11.7 Å². The minimum atomic E-state index is -0.798. The van der Waals surface area contributed by atoms with Crippen LogP contribution in [0.2, 0.25) is 0 Å². The number of rotatable bonds is 3. The molecule has 1 aliphatic rings. The predicted molar refractivity (Wildman–Crippen MR) is 95.3 cm³/mol. The van der Waals surface area contributed by atoms with Crippen molar-refractivity contribution in [1.82, 2.24) is 25.1 Å². The number of nitrogens with one attached hydrogen (secondary N) is 3. The SMILES string of the molecule is O=C(Nc1ccc(F)cc1F)N1CCC(Nc2ncnc3[nH]ncc23)CC1. The van der Waals surface area contributed by atoms with Gasteiger partial charge in [-0.1, -0.05) is 0 Å². The van der Waals surface area contributed by atoms with Crippen LogP contribution in [0, 0.1) is 11.6 Å². The van der Waals surface area contributed by atoms with Crippen molar-refractivity contribution >= 4 is 28.6 Å². The van der Waals surface area contributed by atoms with Gasteiger partial charge < -0.3 is 15.5 Å². The zero-order chi connectivity index (χ0) is 18.8. The van der Waals surface area contributed by atoms with E-state index in [2.05, 4.69) is 30.8 Å². The fourth-order valence-electron chi connectivity index (χ4n) is 3.09. The van der Waals surface area contributed by atoms with Crippen molar-refractivity contribution in [3.8, 4) is 0 Å². The van der Waals surface area contributed by atoms with Crippen LogP contribution in [0.1, 0.15) is 12.8 Å². The molecule has 0 bridgehead atoms. The number of nitrogens with zero attached hydrogens (tertiary/aromatic N) is 4. The number of H-pyrrole nitrogens is 1. The Morgan fingerprint density at radius 3 is 2.81 bits per heavy atom. The number of hydrogen-bond donors (Lipinski definition) is 3. The molecule has 0 spiro atoms. The van der Waals surface area contributed by atoms with E-state index in [0.717, 1.165) is 17.5 Å². The summed E-state index contributed by atoms with van der Waals surface area (Å²) < 4.78 is 26.6. The molecule has 1 fully saturated rings. The van der Waals surface area contributed by atoms with Gasteiger partial charge in [-0.05, 0) is 25.0 Å². The minimum absolute atomic E-state index is 0.0371. The molecule has 1 saturated heterocycles. The molecule has 0 aliphatic carbocycles. The topological polar surface area (TPSA) is 98.8 Å². The molecule has 27 heavy (non-hydrogen) atoms. The number of halogens is 2. The normalized spacial score (nSPS) is 15.1. The Kier molecular flexibility index (Phi) is 4.53. The third-order valence-corrected chi connectivity index (χ3v) is 4.54. The van der Waals surface area contributed by atoms with Crippen LogP contribution in [-0.2, 0) is 0 Å². The Balaban J connectivity index is 1.34. The van der Waals surface area contributed by atoms with Crippen molar-refractivity contribution in [3.63, 3.8) is 0 Å². The molecule has 2 aromatic heterocycles. The zero-order valence-corrected chi connectivity index (χ0v) is 14.2. The van der Waals surface area contributed by atoms with Gasteiger partial charge in [-0.15, -0.1) is 0 Å². The number of piperidine rings is 1. The number of carbonyl (C=O) groups is 1. The minimum Gasteiger partial charge on any atom is -0.366 e. The highest BCUT2D eigenvalue weighted by molar-refractivity contribution is 5.89. The van der Waals surface area contributed by atoms with E-state index in [1.54, 1.807) is 11.1 Å². The van der Waals surface area contributed by atoms with Crippen molar-refractivity contribution in [3.05, 3.63) is 42.4 Å². The van der Waals surface area contributed by atoms with Crippen LogP contribution in [0.3, 0.4) is 0 Å². The fraction of sp³-hybridized carbons (Fsp3) is 0.294. The van der Waals surface area contributed by atoms with Crippen LogP contribution in [-0.4, -0.2) is 50.2 Å². The summed E-state index contributed by atoms with van der Waals surface area (Å²) in [6.45, 7) is 1.01. The molecule has 10 heteroatoms. The molecule has 1 aromatic carbocycles. The van der Waals surface area contributed by atoms with E-state index >= 15 is 0 Å².